The SMILES string of the molecule is CC(CCC(C#N)(c1ccc(Cl)cc1)C1CC1)N(Cc1ccccc1)Cc1ccccc1. The molecule has 32 heavy (non-hydrogen) atoms. The topological polar surface area (TPSA) is 27.0 Å². The predicted octanol–water partition coefficient (Wildman–Crippen LogP) is 7.38. The Kier molecular flexibility index (Phi) is 7.30. The van der Waals surface area contributed by atoms with Crippen LogP contribution in [0.5, 0.6) is 0 Å². The highest BCUT2D eigenvalue weighted by Gasteiger charge is 2.46. The number of nitriles is 1. The van der Waals surface area contributed by atoms with Crippen LogP contribution in [0, 0.1) is 17.2 Å². The van der Waals surface area contributed by atoms with Crippen molar-refractivity contribution in [1.29, 1.82) is 5.26 Å². The van der Waals surface area contributed by atoms with Crippen molar-refractivity contribution in [2.24, 2.45) is 5.92 Å². The molecule has 2 atom stereocenters. The van der Waals surface area contributed by atoms with Gasteiger partial charge in [0.15, 0.2) is 0 Å². The maximum Gasteiger partial charge on any atom is 0.0851 e. The highest BCUT2D eigenvalue weighted by Crippen LogP contribution is 2.50. The van der Waals surface area contributed by atoms with E-state index in [4.69, 9.17) is 11.6 Å². The molecule has 1 aliphatic carbocycles. The summed E-state index contributed by atoms with van der Waals surface area (Å²) in [7, 11) is 0. The lowest BCUT2D eigenvalue weighted by atomic mass is 9.73. The van der Waals surface area contributed by atoms with Gasteiger partial charge in [0, 0.05) is 24.2 Å². The monoisotopic (exact) mass is 442 g/mol. The van der Waals surface area contributed by atoms with E-state index in [1.807, 2.05) is 12.1 Å². The number of rotatable bonds is 10. The predicted molar refractivity (Wildman–Crippen MR) is 132 cm³/mol. The van der Waals surface area contributed by atoms with Gasteiger partial charge < -0.3 is 0 Å². The Bertz CT molecular complexity index is 981. The molecule has 1 saturated carbocycles. The van der Waals surface area contributed by atoms with Crippen LogP contribution in [0.25, 0.3) is 0 Å². The van der Waals surface area contributed by atoms with Gasteiger partial charge >= 0.3 is 0 Å². The summed E-state index contributed by atoms with van der Waals surface area (Å²) in [6.07, 6.45) is 4.13. The van der Waals surface area contributed by atoms with Crippen LogP contribution in [0.15, 0.2) is 84.9 Å². The van der Waals surface area contributed by atoms with Crippen LogP contribution < -0.4 is 0 Å². The highest BCUT2D eigenvalue weighted by atomic mass is 35.5. The molecule has 164 valence electrons. The molecule has 0 bridgehead atoms. The molecule has 0 heterocycles. The quantitative estimate of drug-likeness (QED) is 0.327. The van der Waals surface area contributed by atoms with Gasteiger partial charge in [-0.2, -0.15) is 5.26 Å². The number of benzene rings is 3. The van der Waals surface area contributed by atoms with Crippen LogP contribution >= 0.6 is 11.6 Å². The number of halogens is 1. The lowest BCUT2D eigenvalue weighted by Crippen LogP contribution is -2.35. The van der Waals surface area contributed by atoms with Crippen molar-refractivity contribution in [1.82, 2.24) is 4.90 Å². The van der Waals surface area contributed by atoms with E-state index in [1.54, 1.807) is 0 Å². The highest BCUT2D eigenvalue weighted by molar-refractivity contribution is 6.30. The van der Waals surface area contributed by atoms with Gasteiger partial charge in [0.05, 0.1) is 11.5 Å². The standard InChI is InChI=1S/C29H31ClN2/c1-23(18-19-29(22-31,26-12-13-26)27-14-16-28(30)17-15-27)32(20-24-8-4-2-5-9-24)21-25-10-6-3-7-11-25/h2-11,14-17,23,26H,12-13,18-21H2,1H3. The summed E-state index contributed by atoms with van der Waals surface area (Å²) in [5, 5.41) is 11.1. The average molecular weight is 443 g/mol. The van der Waals surface area contributed by atoms with E-state index in [-0.39, 0.29) is 0 Å². The number of nitrogens with zero attached hydrogens (tertiary/aromatic N) is 2. The molecule has 1 aliphatic rings. The Morgan fingerprint density at radius 3 is 1.91 bits per heavy atom. The molecule has 3 aromatic rings. The third-order valence-electron chi connectivity index (χ3n) is 6.87. The second-order valence-corrected chi connectivity index (χ2v) is 9.56. The zero-order chi connectivity index (χ0) is 22.4. The van der Waals surface area contributed by atoms with Crippen LogP contribution in [-0.4, -0.2) is 10.9 Å². The van der Waals surface area contributed by atoms with Crippen LogP contribution in [0.4, 0.5) is 0 Å². The zero-order valence-corrected chi connectivity index (χ0v) is 19.5. The molecular formula is C29H31ClN2. The summed E-state index contributed by atoms with van der Waals surface area (Å²) in [6.45, 7) is 4.12. The molecule has 0 aromatic heterocycles. The Labute approximate surface area is 197 Å². The molecule has 3 aromatic carbocycles. The molecule has 0 spiro atoms. The summed E-state index contributed by atoms with van der Waals surface area (Å²) in [5.74, 6) is 0.456. The first-order valence-electron chi connectivity index (χ1n) is 11.6. The van der Waals surface area contributed by atoms with E-state index in [9.17, 15) is 5.26 Å². The Morgan fingerprint density at radius 2 is 1.44 bits per heavy atom. The van der Waals surface area contributed by atoms with Crippen molar-refractivity contribution in [2.75, 3.05) is 0 Å². The second-order valence-electron chi connectivity index (χ2n) is 9.13. The van der Waals surface area contributed by atoms with Crippen LogP contribution in [0.3, 0.4) is 0 Å². The van der Waals surface area contributed by atoms with Gasteiger partial charge in [-0.25, -0.2) is 0 Å². The van der Waals surface area contributed by atoms with E-state index in [0.717, 1.165) is 49.4 Å². The van der Waals surface area contributed by atoms with Crippen LogP contribution in [0.2, 0.25) is 5.02 Å². The van der Waals surface area contributed by atoms with Crippen molar-refractivity contribution < 1.29 is 0 Å². The first kappa shape index (κ1) is 22.6. The summed E-state index contributed by atoms with van der Waals surface area (Å²) in [5.41, 5.74) is 3.35. The van der Waals surface area contributed by atoms with Crippen molar-refractivity contribution >= 4 is 11.6 Å². The average Bonchev–Trinajstić information content (AvgIpc) is 3.67. The fraction of sp³-hybridized carbons (Fsp3) is 0.345. The Morgan fingerprint density at radius 1 is 0.906 bits per heavy atom. The Hall–Kier alpha value is -2.60. The third-order valence-corrected chi connectivity index (χ3v) is 7.12. The molecule has 0 saturated heterocycles. The van der Waals surface area contributed by atoms with Crippen molar-refractivity contribution in [3.63, 3.8) is 0 Å². The third kappa shape index (κ3) is 5.41. The molecule has 3 heteroatoms. The smallest absolute Gasteiger partial charge is 0.0851 e. The van der Waals surface area contributed by atoms with E-state index in [2.05, 4.69) is 90.7 Å². The van der Waals surface area contributed by atoms with Crippen molar-refractivity contribution in [2.45, 2.75) is 57.2 Å². The Balaban J connectivity index is 1.52. The lowest BCUT2D eigenvalue weighted by Gasteiger charge is -2.33. The first-order valence-corrected chi connectivity index (χ1v) is 12.0. The van der Waals surface area contributed by atoms with Crippen LogP contribution in [-0.2, 0) is 18.5 Å². The van der Waals surface area contributed by atoms with Gasteiger partial charge in [0.25, 0.3) is 0 Å². The molecular weight excluding hydrogens is 412 g/mol. The van der Waals surface area contributed by atoms with Crippen LogP contribution in [0.1, 0.15) is 49.3 Å². The van der Waals surface area contributed by atoms with Gasteiger partial charge in [-0.3, -0.25) is 4.90 Å². The molecule has 0 radical (unpaired) electrons. The van der Waals surface area contributed by atoms with Gasteiger partial charge in [0.1, 0.15) is 0 Å². The van der Waals surface area contributed by atoms with Gasteiger partial charge in [-0.1, -0.05) is 84.4 Å². The van der Waals surface area contributed by atoms with E-state index in [0.29, 0.717) is 12.0 Å². The molecule has 1 fully saturated rings. The maximum absolute atomic E-state index is 10.3. The fourth-order valence-electron chi connectivity index (χ4n) is 4.74. The van der Waals surface area contributed by atoms with Gasteiger partial charge in [-0.15, -0.1) is 0 Å². The molecule has 0 N–H and O–H groups in total. The van der Waals surface area contributed by atoms with Gasteiger partial charge in [-0.05, 0) is 67.3 Å². The molecule has 0 aliphatic heterocycles. The number of hydrogen-bond acceptors (Lipinski definition) is 2. The maximum atomic E-state index is 10.3. The lowest BCUT2D eigenvalue weighted by molar-refractivity contribution is 0.171. The minimum atomic E-state index is -0.413. The van der Waals surface area contributed by atoms with Crippen molar-refractivity contribution in [3.8, 4) is 6.07 Å². The van der Waals surface area contributed by atoms with E-state index < -0.39 is 5.41 Å². The van der Waals surface area contributed by atoms with Crippen molar-refractivity contribution in [3.05, 3.63) is 107 Å². The largest absolute Gasteiger partial charge is 0.292 e. The van der Waals surface area contributed by atoms with E-state index >= 15 is 0 Å². The fourth-order valence-corrected chi connectivity index (χ4v) is 4.87. The van der Waals surface area contributed by atoms with Gasteiger partial charge in [0.2, 0.25) is 0 Å². The van der Waals surface area contributed by atoms with E-state index in [1.165, 1.54) is 11.1 Å². The summed E-state index contributed by atoms with van der Waals surface area (Å²) in [6, 6.07) is 32.4. The summed E-state index contributed by atoms with van der Waals surface area (Å²) in [4.78, 5) is 2.54. The minimum absolute atomic E-state index is 0.356. The molecule has 4 rings (SSSR count). The molecule has 0 amide bonds. The summed E-state index contributed by atoms with van der Waals surface area (Å²) >= 11 is 6.13. The summed E-state index contributed by atoms with van der Waals surface area (Å²) < 4.78 is 0. The normalized spacial score (nSPS) is 16.3. The molecule has 2 nitrogen and oxygen atoms in total. The zero-order valence-electron chi connectivity index (χ0n) is 18.8. The number of hydrogen-bond donors (Lipinski definition) is 0. The minimum Gasteiger partial charge on any atom is -0.292 e. The molecule has 2 unspecified atom stereocenters. The first-order chi connectivity index (χ1) is 15.6. The second kappa shape index (κ2) is 10.3.